The molecule has 2 aliphatic heterocycles. The summed E-state index contributed by atoms with van der Waals surface area (Å²) in [6.45, 7) is 5.46. The van der Waals surface area contributed by atoms with Crippen LogP contribution in [0.5, 0.6) is 0 Å². The second-order valence-electron chi connectivity index (χ2n) is 8.75. The molecule has 6 nitrogen and oxygen atoms in total. The third-order valence-corrected chi connectivity index (χ3v) is 6.71. The van der Waals surface area contributed by atoms with Gasteiger partial charge in [-0.25, -0.2) is 9.18 Å². The summed E-state index contributed by atoms with van der Waals surface area (Å²) in [4.78, 5) is 17.3. The lowest BCUT2D eigenvalue weighted by atomic mass is 9.78. The molecule has 31 heavy (non-hydrogen) atoms. The zero-order valence-electron chi connectivity index (χ0n) is 18.1. The highest BCUT2D eigenvalue weighted by Crippen LogP contribution is 2.40. The van der Waals surface area contributed by atoms with Crippen molar-refractivity contribution in [3.05, 3.63) is 48.3 Å². The number of carbonyl (C=O) groups is 1. The number of likely N-dealkylation sites (tertiary alicyclic amines) is 2. The molecule has 166 valence electrons. The van der Waals surface area contributed by atoms with E-state index in [1.54, 1.807) is 25.3 Å². The van der Waals surface area contributed by atoms with Gasteiger partial charge >= 0.3 is 6.03 Å². The molecule has 7 heteroatoms. The van der Waals surface area contributed by atoms with Crippen LogP contribution in [-0.2, 0) is 4.74 Å². The molecule has 0 saturated carbocycles. The minimum Gasteiger partial charge on any atom is -0.397 e. The number of nitrogens with one attached hydrogen (secondary N) is 1. The number of piperidine rings is 1. The van der Waals surface area contributed by atoms with Gasteiger partial charge in [-0.3, -0.25) is 0 Å². The van der Waals surface area contributed by atoms with Gasteiger partial charge in [-0.05, 0) is 66.6 Å². The lowest BCUT2D eigenvalue weighted by molar-refractivity contribution is 0.115. The second-order valence-corrected chi connectivity index (χ2v) is 8.75. The standard InChI is InChI=1S/C24H31FN4O2/c1-31-15-14-28-11-8-24(17-28)9-12-29(13-10-24)23(30)27-22-16-19(4-7-21(22)26)18-2-5-20(25)6-3-18/h2-7,16H,8-15,17,26H2,1H3,(H,27,30). The number of hydrogen-bond donors (Lipinski definition) is 2. The number of urea groups is 1. The smallest absolute Gasteiger partial charge is 0.321 e. The molecular formula is C24H31FN4O2. The van der Waals surface area contributed by atoms with Crippen molar-refractivity contribution in [2.24, 2.45) is 5.41 Å². The number of methoxy groups -OCH3 is 1. The number of ether oxygens (including phenoxy) is 1. The minimum atomic E-state index is -0.278. The summed E-state index contributed by atoms with van der Waals surface area (Å²) in [5, 5.41) is 2.98. The molecule has 3 N–H and O–H groups in total. The summed E-state index contributed by atoms with van der Waals surface area (Å²) in [5.74, 6) is -0.278. The van der Waals surface area contributed by atoms with Crippen LogP contribution in [0.1, 0.15) is 19.3 Å². The largest absolute Gasteiger partial charge is 0.397 e. The molecule has 0 bridgehead atoms. The number of nitrogens with two attached hydrogens (primary N) is 1. The Kier molecular flexibility index (Phi) is 6.43. The van der Waals surface area contributed by atoms with Crippen LogP contribution in [0.3, 0.4) is 0 Å². The van der Waals surface area contributed by atoms with Crippen LogP contribution in [0, 0.1) is 11.2 Å². The number of anilines is 2. The van der Waals surface area contributed by atoms with Crippen molar-refractivity contribution < 1.29 is 13.9 Å². The molecule has 0 aliphatic carbocycles. The molecule has 0 atom stereocenters. The number of halogens is 1. The third kappa shape index (κ3) is 4.99. The van der Waals surface area contributed by atoms with Crippen molar-refractivity contribution in [2.75, 3.05) is 57.5 Å². The van der Waals surface area contributed by atoms with Crippen LogP contribution in [-0.4, -0.2) is 62.3 Å². The normalized spacial score (nSPS) is 18.5. The molecule has 2 fully saturated rings. The van der Waals surface area contributed by atoms with Gasteiger partial charge in [-0.15, -0.1) is 0 Å². The maximum atomic E-state index is 13.2. The topological polar surface area (TPSA) is 70.8 Å². The third-order valence-electron chi connectivity index (χ3n) is 6.71. The summed E-state index contributed by atoms with van der Waals surface area (Å²) < 4.78 is 18.4. The van der Waals surface area contributed by atoms with Gasteiger partial charge in [0.05, 0.1) is 18.0 Å². The van der Waals surface area contributed by atoms with Crippen molar-refractivity contribution in [2.45, 2.75) is 19.3 Å². The Bertz CT molecular complexity index is 910. The van der Waals surface area contributed by atoms with Gasteiger partial charge in [0.15, 0.2) is 0 Å². The molecule has 0 radical (unpaired) electrons. The number of rotatable bonds is 5. The second kappa shape index (κ2) is 9.24. The predicted octanol–water partition coefficient (Wildman–Crippen LogP) is 4.04. The van der Waals surface area contributed by atoms with E-state index < -0.39 is 0 Å². The quantitative estimate of drug-likeness (QED) is 0.708. The van der Waals surface area contributed by atoms with E-state index in [9.17, 15) is 9.18 Å². The van der Waals surface area contributed by atoms with Gasteiger partial charge < -0.3 is 25.6 Å². The van der Waals surface area contributed by atoms with Gasteiger partial charge in [-0.1, -0.05) is 18.2 Å². The van der Waals surface area contributed by atoms with E-state index in [2.05, 4.69) is 10.2 Å². The Morgan fingerprint density at radius 2 is 1.77 bits per heavy atom. The van der Waals surface area contributed by atoms with Gasteiger partial charge in [0.1, 0.15) is 5.82 Å². The van der Waals surface area contributed by atoms with Crippen LogP contribution >= 0.6 is 0 Å². The Labute approximate surface area is 183 Å². The van der Waals surface area contributed by atoms with E-state index in [1.807, 2.05) is 17.0 Å². The first-order valence-corrected chi connectivity index (χ1v) is 10.9. The van der Waals surface area contributed by atoms with Crippen LogP contribution in [0.4, 0.5) is 20.6 Å². The number of hydrogen-bond acceptors (Lipinski definition) is 4. The maximum absolute atomic E-state index is 13.2. The summed E-state index contributed by atoms with van der Waals surface area (Å²) in [5.41, 5.74) is 9.28. The summed E-state index contributed by atoms with van der Waals surface area (Å²) in [6.07, 6.45) is 3.24. The summed E-state index contributed by atoms with van der Waals surface area (Å²) >= 11 is 0. The van der Waals surface area contributed by atoms with E-state index in [4.69, 9.17) is 10.5 Å². The highest BCUT2D eigenvalue weighted by Gasteiger charge is 2.41. The van der Waals surface area contributed by atoms with Crippen molar-refractivity contribution in [1.82, 2.24) is 9.80 Å². The first kappa shape index (κ1) is 21.6. The molecule has 2 aliphatic rings. The SMILES string of the molecule is COCCN1CCC2(CCN(C(=O)Nc3cc(-c4ccc(F)cc4)ccc3N)CC2)C1. The zero-order valence-corrected chi connectivity index (χ0v) is 18.1. The van der Waals surface area contributed by atoms with Crippen LogP contribution < -0.4 is 11.1 Å². The minimum absolute atomic E-state index is 0.118. The number of benzene rings is 2. The summed E-state index contributed by atoms with van der Waals surface area (Å²) in [7, 11) is 1.74. The Balaban J connectivity index is 1.36. The first-order chi connectivity index (χ1) is 15.0. The van der Waals surface area contributed by atoms with Gasteiger partial charge in [0.25, 0.3) is 0 Å². The number of carbonyl (C=O) groups excluding carboxylic acids is 1. The number of nitrogen functional groups attached to an aromatic ring is 1. The zero-order chi connectivity index (χ0) is 21.8. The van der Waals surface area contributed by atoms with E-state index in [0.717, 1.165) is 63.3 Å². The molecule has 2 amide bonds. The molecule has 4 rings (SSSR count). The predicted molar refractivity (Wildman–Crippen MR) is 121 cm³/mol. The van der Waals surface area contributed by atoms with Crippen molar-refractivity contribution in [1.29, 1.82) is 0 Å². The van der Waals surface area contributed by atoms with Crippen LogP contribution in [0.15, 0.2) is 42.5 Å². The fraction of sp³-hybridized carbons (Fsp3) is 0.458. The van der Waals surface area contributed by atoms with Crippen molar-refractivity contribution in [3.8, 4) is 11.1 Å². The lowest BCUT2D eigenvalue weighted by Gasteiger charge is -2.39. The van der Waals surface area contributed by atoms with E-state index in [0.29, 0.717) is 16.8 Å². The van der Waals surface area contributed by atoms with E-state index in [1.165, 1.54) is 18.6 Å². The van der Waals surface area contributed by atoms with Crippen molar-refractivity contribution in [3.63, 3.8) is 0 Å². The van der Waals surface area contributed by atoms with Crippen LogP contribution in [0.2, 0.25) is 0 Å². The summed E-state index contributed by atoms with van der Waals surface area (Å²) in [6, 6.07) is 11.6. The highest BCUT2D eigenvalue weighted by molar-refractivity contribution is 5.94. The van der Waals surface area contributed by atoms with Crippen LogP contribution in [0.25, 0.3) is 11.1 Å². The number of nitrogens with zero attached hydrogens (tertiary/aromatic N) is 2. The van der Waals surface area contributed by atoms with Gasteiger partial charge in [0.2, 0.25) is 0 Å². The monoisotopic (exact) mass is 426 g/mol. The molecule has 0 unspecified atom stereocenters. The Morgan fingerprint density at radius 3 is 2.48 bits per heavy atom. The Hall–Kier alpha value is -2.64. The fourth-order valence-corrected chi connectivity index (χ4v) is 4.71. The van der Waals surface area contributed by atoms with Crippen molar-refractivity contribution >= 4 is 17.4 Å². The molecule has 2 aromatic rings. The Morgan fingerprint density at radius 1 is 1.10 bits per heavy atom. The molecular weight excluding hydrogens is 395 g/mol. The fourth-order valence-electron chi connectivity index (χ4n) is 4.71. The van der Waals surface area contributed by atoms with E-state index >= 15 is 0 Å². The maximum Gasteiger partial charge on any atom is 0.321 e. The lowest BCUT2D eigenvalue weighted by Crippen LogP contribution is -2.46. The molecule has 0 aromatic heterocycles. The molecule has 2 aromatic carbocycles. The number of amides is 2. The molecule has 2 heterocycles. The van der Waals surface area contributed by atoms with Gasteiger partial charge in [-0.2, -0.15) is 0 Å². The molecule has 2 saturated heterocycles. The van der Waals surface area contributed by atoms with Gasteiger partial charge in [0, 0.05) is 33.3 Å². The average Bonchev–Trinajstić information content (AvgIpc) is 3.17. The molecule has 1 spiro atoms. The highest BCUT2D eigenvalue weighted by atomic mass is 19.1. The van der Waals surface area contributed by atoms with E-state index in [-0.39, 0.29) is 11.8 Å². The first-order valence-electron chi connectivity index (χ1n) is 10.9. The average molecular weight is 427 g/mol.